The fourth-order valence-electron chi connectivity index (χ4n) is 1.22. The Morgan fingerprint density at radius 2 is 1.83 bits per heavy atom. The SMILES string of the molecule is COc1ccc(OC(C)C(=O)NCC(=O)O)cc1. The van der Waals surface area contributed by atoms with Gasteiger partial charge in [-0.1, -0.05) is 0 Å². The largest absolute Gasteiger partial charge is 0.497 e. The summed E-state index contributed by atoms with van der Waals surface area (Å²) in [7, 11) is 1.55. The second-order valence-corrected chi connectivity index (χ2v) is 3.55. The molecule has 98 valence electrons. The summed E-state index contributed by atoms with van der Waals surface area (Å²) in [6.07, 6.45) is -0.766. The molecular formula is C12H15NO5. The third-order valence-corrected chi connectivity index (χ3v) is 2.16. The second kappa shape index (κ2) is 6.48. The van der Waals surface area contributed by atoms with Gasteiger partial charge in [-0.2, -0.15) is 0 Å². The number of ether oxygens (including phenoxy) is 2. The Bertz CT molecular complexity index is 415. The minimum atomic E-state index is -1.10. The van der Waals surface area contributed by atoms with Crippen molar-refractivity contribution in [2.45, 2.75) is 13.0 Å². The van der Waals surface area contributed by atoms with Crippen molar-refractivity contribution >= 4 is 11.9 Å². The zero-order valence-electron chi connectivity index (χ0n) is 10.2. The molecule has 1 aromatic carbocycles. The average molecular weight is 253 g/mol. The van der Waals surface area contributed by atoms with Crippen molar-refractivity contribution in [3.8, 4) is 11.5 Å². The summed E-state index contributed by atoms with van der Waals surface area (Å²) < 4.78 is 10.3. The van der Waals surface area contributed by atoms with E-state index in [4.69, 9.17) is 14.6 Å². The van der Waals surface area contributed by atoms with Gasteiger partial charge in [0.1, 0.15) is 18.0 Å². The monoisotopic (exact) mass is 253 g/mol. The quantitative estimate of drug-likeness (QED) is 0.778. The minimum absolute atomic E-state index is 0.421. The number of methoxy groups -OCH3 is 1. The van der Waals surface area contributed by atoms with Gasteiger partial charge < -0.3 is 19.9 Å². The van der Waals surface area contributed by atoms with Gasteiger partial charge in [-0.25, -0.2) is 0 Å². The Balaban J connectivity index is 2.49. The molecule has 0 spiro atoms. The lowest BCUT2D eigenvalue weighted by molar-refractivity contribution is -0.139. The van der Waals surface area contributed by atoms with Crippen LogP contribution in [0.15, 0.2) is 24.3 Å². The molecule has 0 heterocycles. The van der Waals surface area contributed by atoms with E-state index < -0.39 is 24.5 Å². The van der Waals surface area contributed by atoms with Crippen molar-refractivity contribution in [1.82, 2.24) is 5.32 Å². The van der Waals surface area contributed by atoms with E-state index in [2.05, 4.69) is 5.32 Å². The van der Waals surface area contributed by atoms with Crippen molar-refractivity contribution in [2.24, 2.45) is 0 Å². The molecular weight excluding hydrogens is 238 g/mol. The first kappa shape index (κ1) is 13.8. The lowest BCUT2D eigenvalue weighted by Crippen LogP contribution is -2.39. The molecule has 2 N–H and O–H groups in total. The van der Waals surface area contributed by atoms with Crippen molar-refractivity contribution in [3.05, 3.63) is 24.3 Å². The topological polar surface area (TPSA) is 84.9 Å². The number of hydrogen-bond acceptors (Lipinski definition) is 4. The predicted octanol–water partition coefficient (Wildman–Crippen LogP) is 0.663. The molecule has 6 nitrogen and oxygen atoms in total. The van der Waals surface area contributed by atoms with Gasteiger partial charge in [-0.3, -0.25) is 9.59 Å². The summed E-state index contributed by atoms with van der Waals surface area (Å²) in [4.78, 5) is 21.7. The maximum absolute atomic E-state index is 11.5. The molecule has 1 amide bonds. The summed E-state index contributed by atoms with van der Waals surface area (Å²) in [5.74, 6) is -0.382. The summed E-state index contributed by atoms with van der Waals surface area (Å²) >= 11 is 0. The number of amides is 1. The summed E-state index contributed by atoms with van der Waals surface area (Å²) in [6.45, 7) is 1.12. The Morgan fingerprint density at radius 1 is 1.28 bits per heavy atom. The molecule has 1 aromatic rings. The highest BCUT2D eigenvalue weighted by Gasteiger charge is 2.15. The number of carboxylic acid groups (broad SMARTS) is 1. The minimum Gasteiger partial charge on any atom is -0.497 e. The highest BCUT2D eigenvalue weighted by Crippen LogP contribution is 2.18. The van der Waals surface area contributed by atoms with E-state index in [9.17, 15) is 9.59 Å². The molecule has 1 unspecified atom stereocenters. The fraction of sp³-hybridized carbons (Fsp3) is 0.333. The number of carboxylic acids is 1. The van der Waals surface area contributed by atoms with E-state index in [-0.39, 0.29) is 0 Å². The smallest absolute Gasteiger partial charge is 0.322 e. The van der Waals surface area contributed by atoms with E-state index in [1.54, 1.807) is 38.3 Å². The maximum atomic E-state index is 11.5. The fourth-order valence-corrected chi connectivity index (χ4v) is 1.22. The predicted molar refractivity (Wildman–Crippen MR) is 63.7 cm³/mol. The van der Waals surface area contributed by atoms with Gasteiger partial charge in [-0.05, 0) is 31.2 Å². The van der Waals surface area contributed by atoms with Gasteiger partial charge in [-0.15, -0.1) is 0 Å². The molecule has 0 radical (unpaired) electrons. The van der Waals surface area contributed by atoms with Crippen molar-refractivity contribution in [2.75, 3.05) is 13.7 Å². The van der Waals surface area contributed by atoms with Crippen LogP contribution in [-0.2, 0) is 9.59 Å². The highest BCUT2D eigenvalue weighted by atomic mass is 16.5. The van der Waals surface area contributed by atoms with Crippen LogP contribution < -0.4 is 14.8 Å². The van der Waals surface area contributed by atoms with Gasteiger partial charge in [0, 0.05) is 0 Å². The maximum Gasteiger partial charge on any atom is 0.322 e. The summed E-state index contributed by atoms with van der Waals surface area (Å²) in [5, 5.41) is 10.7. The van der Waals surface area contributed by atoms with Crippen LogP contribution in [0.4, 0.5) is 0 Å². The van der Waals surface area contributed by atoms with E-state index in [0.29, 0.717) is 11.5 Å². The molecule has 0 bridgehead atoms. The van der Waals surface area contributed by atoms with Crippen LogP contribution in [0.1, 0.15) is 6.92 Å². The van der Waals surface area contributed by atoms with Gasteiger partial charge >= 0.3 is 5.97 Å². The van der Waals surface area contributed by atoms with E-state index in [1.165, 1.54) is 0 Å². The summed E-state index contributed by atoms with van der Waals surface area (Å²) in [6, 6.07) is 6.74. The number of hydrogen-bond donors (Lipinski definition) is 2. The lowest BCUT2D eigenvalue weighted by Gasteiger charge is -2.14. The third kappa shape index (κ3) is 4.32. The molecule has 1 atom stereocenters. The summed E-state index contributed by atoms with van der Waals surface area (Å²) in [5.41, 5.74) is 0. The van der Waals surface area contributed by atoms with Gasteiger partial charge in [0.25, 0.3) is 5.91 Å². The Hall–Kier alpha value is -2.24. The lowest BCUT2D eigenvalue weighted by atomic mass is 10.3. The van der Waals surface area contributed by atoms with Crippen molar-refractivity contribution in [3.63, 3.8) is 0 Å². The van der Waals surface area contributed by atoms with E-state index in [1.807, 2.05) is 0 Å². The Morgan fingerprint density at radius 3 is 2.33 bits per heavy atom. The molecule has 6 heteroatoms. The normalized spacial score (nSPS) is 11.4. The first-order chi connectivity index (χ1) is 8.52. The van der Waals surface area contributed by atoms with Crippen molar-refractivity contribution < 1.29 is 24.2 Å². The van der Waals surface area contributed by atoms with Gasteiger partial charge in [0.05, 0.1) is 7.11 Å². The molecule has 18 heavy (non-hydrogen) atoms. The van der Waals surface area contributed by atoms with Crippen LogP contribution in [0.25, 0.3) is 0 Å². The molecule has 0 saturated heterocycles. The van der Waals surface area contributed by atoms with Gasteiger partial charge in [0.2, 0.25) is 0 Å². The molecule has 1 rings (SSSR count). The Labute approximate surface area is 105 Å². The molecule has 0 fully saturated rings. The second-order valence-electron chi connectivity index (χ2n) is 3.55. The van der Waals surface area contributed by atoms with Crippen LogP contribution in [-0.4, -0.2) is 36.7 Å². The van der Waals surface area contributed by atoms with Crippen LogP contribution >= 0.6 is 0 Å². The first-order valence-electron chi connectivity index (χ1n) is 5.33. The van der Waals surface area contributed by atoms with Crippen molar-refractivity contribution in [1.29, 1.82) is 0 Å². The number of carbonyl (C=O) groups excluding carboxylic acids is 1. The number of carbonyl (C=O) groups is 2. The van der Waals surface area contributed by atoms with Crippen LogP contribution in [0.5, 0.6) is 11.5 Å². The van der Waals surface area contributed by atoms with E-state index in [0.717, 1.165) is 0 Å². The van der Waals surface area contributed by atoms with Crippen LogP contribution in [0.3, 0.4) is 0 Å². The van der Waals surface area contributed by atoms with Gasteiger partial charge in [0.15, 0.2) is 6.10 Å². The molecule has 0 aliphatic carbocycles. The number of aliphatic carboxylic acids is 1. The van der Waals surface area contributed by atoms with Crippen LogP contribution in [0, 0.1) is 0 Å². The zero-order valence-corrected chi connectivity index (χ0v) is 10.2. The number of rotatable bonds is 6. The van der Waals surface area contributed by atoms with Crippen LogP contribution in [0.2, 0.25) is 0 Å². The molecule has 0 aliphatic rings. The molecule has 0 saturated carbocycles. The Kier molecular flexibility index (Phi) is 4.98. The van der Waals surface area contributed by atoms with E-state index >= 15 is 0 Å². The third-order valence-electron chi connectivity index (χ3n) is 2.16. The molecule has 0 aliphatic heterocycles. The highest BCUT2D eigenvalue weighted by molar-refractivity contribution is 5.84. The number of nitrogens with one attached hydrogen (secondary N) is 1. The first-order valence-corrected chi connectivity index (χ1v) is 5.33. The average Bonchev–Trinajstić information content (AvgIpc) is 2.36. The molecule has 0 aromatic heterocycles. The standard InChI is InChI=1S/C12H15NO5/c1-8(12(16)13-7-11(14)15)18-10-5-3-9(17-2)4-6-10/h3-6,8H,7H2,1-2H3,(H,13,16)(H,14,15). The number of benzene rings is 1. The zero-order chi connectivity index (χ0) is 13.5.